The number of carboxylic acid groups (broad SMARTS) is 1. The summed E-state index contributed by atoms with van der Waals surface area (Å²) in [5.74, 6) is -1.06. The Hall–Kier alpha value is -2.62. The summed E-state index contributed by atoms with van der Waals surface area (Å²) in [4.78, 5) is 24.4. The van der Waals surface area contributed by atoms with Crippen molar-refractivity contribution in [3.05, 3.63) is 93.0 Å². The van der Waals surface area contributed by atoms with E-state index in [0.717, 1.165) is 16.7 Å². The van der Waals surface area contributed by atoms with Gasteiger partial charge in [0.1, 0.15) is 5.78 Å². The van der Waals surface area contributed by atoms with Crippen LogP contribution in [0.25, 0.3) is 11.1 Å². The molecule has 0 saturated carbocycles. The van der Waals surface area contributed by atoms with Gasteiger partial charge < -0.3 is 5.11 Å². The third-order valence-electron chi connectivity index (χ3n) is 5.49. The summed E-state index contributed by atoms with van der Waals surface area (Å²) in [6.45, 7) is 6.45. The molecule has 0 spiro atoms. The van der Waals surface area contributed by atoms with Crippen molar-refractivity contribution in [2.45, 2.75) is 45.4 Å². The Bertz CT molecular complexity index is 1140. The summed E-state index contributed by atoms with van der Waals surface area (Å²) < 4.78 is 0. The number of ketones is 1. The fraction of sp³-hybridized carbons (Fsp3) is 0.259. The van der Waals surface area contributed by atoms with Crippen LogP contribution < -0.4 is 0 Å². The number of carbonyl (C=O) groups excluding carboxylic acids is 1. The Balaban J connectivity index is 1.75. The minimum absolute atomic E-state index is 0.0270. The van der Waals surface area contributed by atoms with Crippen LogP contribution in [-0.4, -0.2) is 16.9 Å². The number of carbonyl (C=O) groups is 2. The number of hydrogen-bond donors (Lipinski definition) is 1. The molecule has 3 rings (SSSR count). The van der Waals surface area contributed by atoms with Gasteiger partial charge in [-0.1, -0.05) is 86.4 Å². The lowest BCUT2D eigenvalue weighted by Gasteiger charge is -2.19. The third-order valence-corrected chi connectivity index (χ3v) is 6.23. The maximum Gasteiger partial charge on any atom is 0.335 e. The SMILES string of the molecule is CC(C)(C)c1ccc(-c2ccc(CC(=O)CCc3ccc(Cl)c(Cl)c3)c(C(=O)O)c2)cc1. The first kappa shape index (κ1) is 24.0. The predicted molar refractivity (Wildman–Crippen MR) is 131 cm³/mol. The highest BCUT2D eigenvalue weighted by atomic mass is 35.5. The molecule has 0 aliphatic carbocycles. The zero-order chi connectivity index (χ0) is 23.5. The van der Waals surface area contributed by atoms with Gasteiger partial charge in [-0.2, -0.15) is 0 Å². The van der Waals surface area contributed by atoms with E-state index in [-0.39, 0.29) is 23.2 Å². The quantitative estimate of drug-likeness (QED) is 0.392. The fourth-order valence-electron chi connectivity index (χ4n) is 3.55. The molecule has 3 aromatic rings. The Morgan fingerprint density at radius 3 is 2.09 bits per heavy atom. The number of aromatic carboxylic acids is 1. The van der Waals surface area contributed by atoms with Crippen LogP contribution in [0.1, 0.15) is 54.2 Å². The topological polar surface area (TPSA) is 54.4 Å². The number of benzene rings is 3. The maximum atomic E-state index is 12.5. The van der Waals surface area contributed by atoms with Gasteiger partial charge in [0, 0.05) is 12.8 Å². The summed E-state index contributed by atoms with van der Waals surface area (Å²) in [7, 11) is 0. The predicted octanol–water partition coefficient (Wildman–Crippen LogP) is 7.40. The molecule has 0 amide bonds. The summed E-state index contributed by atoms with van der Waals surface area (Å²) in [5.41, 5.74) is 4.61. The number of halogens is 2. The Morgan fingerprint density at radius 2 is 1.50 bits per heavy atom. The first-order valence-electron chi connectivity index (χ1n) is 10.5. The lowest BCUT2D eigenvalue weighted by atomic mass is 9.86. The van der Waals surface area contributed by atoms with E-state index >= 15 is 0 Å². The van der Waals surface area contributed by atoms with Crippen LogP contribution in [-0.2, 0) is 23.1 Å². The van der Waals surface area contributed by atoms with E-state index in [1.165, 1.54) is 5.56 Å². The van der Waals surface area contributed by atoms with Crippen LogP contribution in [0, 0.1) is 0 Å². The van der Waals surface area contributed by atoms with Crippen LogP contribution in [0.4, 0.5) is 0 Å². The molecule has 0 fully saturated rings. The number of aryl methyl sites for hydroxylation is 1. The van der Waals surface area contributed by atoms with Gasteiger partial charge in [-0.05, 0) is 57.9 Å². The smallest absolute Gasteiger partial charge is 0.335 e. The Labute approximate surface area is 199 Å². The van der Waals surface area contributed by atoms with Gasteiger partial charge in [-0.3, -0.25) is 4.79 Å². The summed E-state index contributed by atoms with van der Waals surface area (Å²) in [5, 5.41) is 10.7. The van der Waals surface area contributed by atoms with Crippen LogP contribution in [0.5, 0.6) is 0 Å². The van der Waals surface area contributed by atoms with Crippen molar-refractivity contribution in [3.63, 3.8) is 0 Å². The molecule has 0 saturated heterocycles. The lowest BCUT2D eigenvalue weighted by Crippen LogP contribution is -2.10. The Kier molecular flexibility index (Phi) is 7.43. The molecule has 0 atom stereocenters. The number of carboxylic acids is 1. The minimum atomic E-state index is -1.04. The highest BCUT2D eigenvalue weighted by Gasteiger charge is 2.16. The van der Waals surface area contributed by atoms with Gasteiger partial charge in [0.25, 0.3) is 0 Å². The van der Waals surface area contributed by atoms with Crippen LogP contribution in [0.15, 0.2) is 60.7 Å². The van der Waals surface area contributed by atoms with E-state index < -0.39 is 5.97 Å². The van der Waals surface area contributed by atoms with E-state index in [0.29, 0.717) is 28.5 Å². The normalized spacial score (nSPS) is 11.4. The molecule has 0 radical (unpaired) electrons. The van der Waals surface area contributed by atoms with Gasteiger partial charge in [0.05, 0.1) is 15.6 Å². The highest BCUT2D eigenvalue weighted by Crippen LogP contribution is 2.28. The van der Waals surface area contributed by atoms with Gasteiger partial charge in [-0.15, -0.1) is 0 Å². The minimum Gasteiger partial charge on any atom is -0.478 e. The summed E-state index contributed by atoms with van der Waals surface area (Å²) in [6, 6.07) is 18.7. The molecule has 0 aromatic heterocycles. The molecule has 3 aromatic carbocycles. The van der Waals surface area contributed by atoms with E-state index in [1.807, 2.05) is 24.3 Å². The van der Waals surface area contributed by atoms with E-state index in [1.54, 1.807) is 24.3 Å². The molecule has 0 heterocycles. The average molecular weight is 469 g/mol. The molecule has 166 valence electrons. The van der Waals surface area contributed by atoms with Crippen LogP contribution >= 0.6 is 23.2 Å². The molecule has 0 bridgehead atoms. The van der Waals surface area contributed by atoms with Gasteiger partial charge >= 0.3 is 5.97 Å². The second-order valence-corrected chi connectivity index (χ2v) is 9.78. The molecule has 0 unspecified atom stereocenters. The second-order valence-electron chi connectivity index (χ2n) is 8.97. The largest absolute Gasteiger partial charge is 0.478 e. The fourth-order valence-corrected chi connectivity index (χ4v) is 3.87. The Morgan fingerprint density at radius 1 is 0.844 bits per heavy atom. The molecular weight excluding hydrogens is 443 g/mol. The van der Waals surface area contributed by atoms with Crippen molar-refractivity contribution in [3.8, 4) is 11.1 Å². The summed E-state index contributed by atoms with van der Waals surface area (Å²) in [6.07, 6.45) is 0.898. The molecule has 5 heteroatoms. The van der Waals surface area contributed by atoms with E-state index in [4.69, 9.17) is 23.2 Å². The van der Waals surface area contributed by atoms with Gasteiger partial charge in [0.2, 0.25) is 0 Å². The summed E-state index contributed by atoms with van der Waals surface area (Å²) >= 11 is 12.0. The van der Waals surface area contributed by atoms with Crippen LogP contribution in [0.3, 0.4) is 0 Å². The molecule has 32 heavy (non-hydrogen) atoms. The van der Waals surface area contributed by atoms with Crippen molar-refractivity contribution in [1.29, 1.82) is 0 Å². The number of rotatable bonds is 7. The van der Waals surface area contributed by atoms with Crippen molar-refractivity contribution in [2.75, 3.05) is 0 Å². The highest BCUT2D eigenvalue weighted by molar-refractivity contribution is 6.42. The van der Waals surface area contributed by atoms with Gasteiger partial charge in [-0.25, -0.2) is 4.79 Å². The zero-order valence-electron chi connectivity index (χ0n) is 18.4. The van der Waals surface area contributed by atoms with Crippen molar-refractivity contribution >= 4 is 35.0 Å². The van der Waals surface area contributed by atoms with E-state index in [9.17, 15) is 14.7 Å². The van der Waals surface area contributed by atoms with Crippen molar-refractivity contribution in [2.24, 2.45) is 0 Å². The second kappa shape index (κ2) is 9.89. The van der Waals surface area contributed by atoms with Crippen LogP contribution in [0.2, 0.25) is 10.0 Å². The first-order valence-corrected chi connectivity index (χ1v) is 11.2. The van der Waals surface area contributed by atoms with Gasteiger partial charge in [0.15, 0.2) is 0 Å². The maximum absolute atomic E-state index is 12.5. The first-order chi connectivity index (χ1) is 15.0. The number of hydrogen-bond acceptors (Lipinski definition) is 2. The molecule has 1 N–H and O–H groups in total. The molecule has 3 nitrogen and oxygen atoms in total. The van der Waals surface area contributed by atoms with Crippen molar-refractivity contribution in [1.82, 2.24) is 0 Å². The standard InChI is InChI=1S/C27H26Cl2O3/c1-27(2,3)21-10-8-18(9-11-21)19-6-7-20(23(16-19)26(31)32)15-22(30)12-4-17-5-13-24(28)25(29)14-17/h5-11,13-14,16H,4,12,15H2,1-3H3,(H,31,32). The molecule has 0 aliphatic heterocycles. The molecular formula is C27H26Cl2O3. The average Bonchev–Trinajstić information content (AvgIpc) is 2.74. The third kappa shape index (κ3) is 5.99. The number of Topliss-reactive ketones (excluding diaryl/α,β-unsaturated/α-hetero) is 1. The molecule has 0 aliphatic rings. The lowest BCUT2D eigenvalue weighted by molar-refractivity contribution is -0.118. The monoisotopic (exact) mass is 468 g/mol. The van der Waals surface area contributed by atoms with E-state index in [2.05, 4.69) is 32.9 Å². The zero-order valence-corrected chi connectivity index (χ0v) is 19.9. The van der Waals surface area contributed by atoms with Crippen molar-refractivity contribution < 1.29 is 14.7 Å².